The second-order valence-corrected chi connectivity index (χ2v) is 4.64. The van der Waals surface area contributed by atoms with Crippen LogP contribution in [0.1, 0.15) is 19.8 Å². The number of rotatable bonds is 3. The van der Waals surface area contributed by atoms with Crippen molar-refractivity contribution in [1.29, 1.82) is 0 Å². The van der Waals surface area contributed by atoms with E-state index in [0.717, 1.165) is 0 Å². The van der Waals surface area contributed by atoms with Gasteiger partial charge in [-0.15, -0.1) is 0 Å². The summed E-state index contributed by atoms with van der Waals surface area (Å²) in [7, 11) is 0. The molecule has 0 radical (unpaired) electrons. The lowest BCUT2D eigenvalue weighted by Crippen LogP contribution is -2.45. The molecule has 2 saturated carbocycles. The minimum Gasteiger partial charge on any atom is -0.480 e. The van der Waals surface area contributed by atoms with E-state index in [1.165, 1.54) is 6.92 Å². The van der Waals surface area contributed by atoms with Crippen molar-refractivity contribution in [2.75, 3.05) is 0 Å². The molecular weight excluding hydrogens is 220 g/mol. The van der Waals surface area contributed by atoms with E-state index in [2.05, 4.69) is 5.32 Å². The highest BCUT2D eigenvalue weighted by molar-refractivity contribution is 5.82. The Morgan fingerprint density at radius 1 is 1.38 bits per heavy atom. The quantitative estimate of drug-likeness (QED) is 0.760. The number of carbonyl (C=O) groups excluding carboxylic acids is 1. The summed E-state index contributed by atoms with van der Waals surface area (Å²) in [5.74, 6) is -5.91. The number of fused-ring (bicyclic) bond motifs is 1. The molecule has 2 aliphatic rings. The molecule has 16 heavy (non-hydrogen) atoms. The second-order valence-electron chi connectivity index (χ2n) is 4.64. The summed E-state index contributed by atoms with van der Waals surface area (Å²) in [5.41, 5.74) is 0. The minimum atomic E-state index is -2.60. The molecule has 0 aromatic heterocycles. The zero-order valence-electron chi connectivity index (χ0n) is 8.74. The molecule has 2 aliphatic carbocycles. The van der Waals surface area contributed by atoms with Gasteiger partial charge in [-0.25, -0.2) is 13.6 Å². The average molecular weight is 233 g/mol. The Kier molecular flexibility index (Phi) is 2.40. The maximum Gasteiger partial charge on any atom is 0.326 e. The van der Waals surface area contributed by atoms with Crippen LogP contribution in [0.5, 0.6) is 0 Å². The van der Waals surface area contributed by atoms with Crippen molar-refractivity contribution in [3.8, 4) is 0 Å². The van der Waals surface area contributed by atoms with Crippen LogP contribution in [0.3, 0.4) is 0 Å². The summed E-state index contributed by atoms with van der Waals surface area (Å²) < 4.78 is 25.8. The van der Waals surface area contributed by atoms with Crippen molar-refractivity contribution in [2.24, 2.45) is 17.8 Å². The SMILES string of the molecule is CC(=O)NC(C(=O)O)C1CC2C(C1)C2(F)F. The van der Waals surface area contributed by atoms with Crippen LogP contribution < -0.4 is 5.32 Å². The van der Waals surface area contributed by atoms with E-state index in [9.17, 15) is 18.4 Å². The Hall–Kier alpha value is -1.20. The maximum atomic E-state index is 12.9. The molecule has 2 fully saturated rings. The molecule has 90 valence electrons. The number of hydrogen-bond donors (Lipinski definition) is 2. The third kappa shape index (κ3) is 1.66. The molecule has 0 bridgehead atoms. The summed E-state index contributed by atoms with van der Waals surface area (Å²) >= 11 is 0. The van der Waals surface area contributed by atoms with E-state index in [0.29, 0.717) is 0 Å². The van der Waals surface area contributed by atoms with Gasteiger partial charge >= 0.3 is 5.97 Å². The van der Waals surface area contributed by atoms with Crippen molar-refractivity contribution in [3.05, 3.63) is 0 Å². The van der Waals surface area contributed by atoms with E-state index in [4.69, 9.17) is 5.11 Å². The molecule has 0 heterocycles. The van der Waals surface area contributed by atoms with Crippen molar-refractivity contribution < 1.29 is 23.5 Å². The van der Waals surface area contributed by atoms with Crippen LogP contribution in [0.25, 0.3) is 0 Å². The van der Waals surface area contributed by atoms with Crippen molar-refractivity contribution in [2.45, 2.75) is 31.7 Å². The maximum absolute atomic E-state index is 12.9. The predicted molar refractivity (Wildman–Crippen MR) is 49.9 cm³/mol. The van der Waals surface area contributed by atoms with Crippen LogP contribution in [-0.2, 0) is 9.59 Å². The van der Waals surface area contributed by atoms with Crippen LogP contribution in [-0.4, -0.2) is 28.9 Å². The summed E-state index contributed by atoms with van der Waals surface area (Å²) in [5, 5.41) is 11.2. The number of nitrogens with one attached hydrogen (secondary N) is 1. The van der Waals surface area contributed by atoms with Gasteiger partial charge in [0, 0.05) is 18.8 Å². The molecule has 1 amide bonds. The molecular formula is C10H13F2NO3. The average Bonchev–Trinajstić information content (AvgIpc) is 2.59. The molecule has 0 aromatic carbocycles. The van der Waals surface area contributed by atoms with Gasteiger partial charge in [0.25, 0.3) is 5.92 Å². The third-order valence-corrected chi connectivity index (χ3v) is 3.57. The van der Waals surface area contributed by atoms with Gasteiger partial charge in [0.1, 0.15) is 6.04 Å². The standard InChI is InChI=1S/C10H13F2NO3/c1-4(14)13-8(9(15)16)5-2-6-7(3-5)10(6,11)12/h5-8H,2-3H2,1H3,(H,13,14)(H,15,16). The fraction of sp³-hybridized carbons (Fsp3) is 0.800. The second kappa shape index (κ2) is 3.40. The lowest BCUT2D eigenvalue weighted by atomic mass is 9.94. The molecule has 0 aliphatic heterocycles. The van der Waals surface area contributed by atoms with Crippen LogP contribution >= 0.6 is 0 Å². The molecule has 3 unspecified atom stereocenters. The van der Waals surface area contributed by atoms with Crippen molar-refractivity contribution in [3.63, 3.8) is 0 Å². The Bertz CT molecular complexity index is 331. The van der Waals surface area contributed by atoms with Gasteiger partial charge in [0.15, 0.2) is 0 Å². The first-order chi connectivity index (χ1) is 7.34. The Morgan fingerprint density at radius 2 is 1.88 bits per heavy atom. The number of alkyl halides is 2. The van der Waals surface area contributed by atoms with Gasteiger partial charge < -0.3 is 10.4 Å². The molecule has 4 nitrogen and oxygen atoms in total. The zero-order chi connectivity index (χ0) is 12.1. The number of halogens is 2. The van der Waals surface area contributed by atoms with Crippen LogP contribution in [0.4, 0.5) is 8.78 Å². The molecule has 0 spiro atoms. The molecule has 0 aromatic rings. The number of carboxylic acid groups (broad SMARTS) is 1. The number of carbonyl (C=O) groups is 2. The van der Waals surface area contributed by atoms with E-state index < -0.39 is 35.7 Å². The predicted octanol–water partition coefficient (Wildman–Crippen LogP) is 0.867. The van der Waals surface area contributed by atoms with Gasteiger partial charge in [0.2, 0.25) is 5.91 Å². The van der Waals surface area contributed by atoms with Gasteiger partial charge in [-0.3, -0.25) is 4.79 Å². The van der Waals surface area contributed by atoms with Gasteiger partial charge in [-0.05, 0) is 18.8 Å². The molecule has 2 rings (SSSR count). The third-order valence-electron chi connectivity index (χ3n) is 3.57. The smallest absolute Gasteiger partial charge is 0.326 e. The van der Waals surface area contributed by atoms with E-state index in [1.807, 2.05) is 0 Å². The first-order valence-electron chi connectivity index (χ1n) is 5.21. The Morgan fingerprint density at radius 3 is 2.25 bits per heavy atom. The normalized spacial score (nSPS) is 36.3. The number of carboxylic acids is 1. The zero-order valence-corrected chi connectivity index (χ0v) is 8.74. The van der Waals surface area contributed by atoms with Gasteiger partial charge in [0.05, 0.1) is 0 Å². The van der Waals surface area contributed by atoms with Crippen molar-refractivity contribution in [1.82, 2.24) is 5.32 Å². The summed E-state index contributed by atoms with van der Waals surface area (Å²) in [6.07, 6.45) is 0.379. The van der Waals surface area contributed by atoms with E-state index in [-0.39, 0.29) is 18.8 Å². The van der Waals surface area contributed by atoms with Crippen molar-refractivity contribution >= 4 is 11.9 Å². The van der Waals surface area contributed by atoms with Crippen LogP contribution in [0, 0.1) is 17.8 Å². The monoisotopic (exact) mass is 233 g/mol. The Labute approximate surface area is 91.0 Å². The summed E-state index contributed by atoms with van der Waals surface area (Å²) in [6.45, 7) is 1.22. The topological polar surface area (TPSA) is 66.4 Å². The fourth-order valence-electron chi connectivity index (χ4n) is 2.72. The first-order valence-corrected chi connectivity index (χ1v) is 5.21. The number of hydrogen-bond acceptors (Lipinski definition) is 2. The highest BCUT2D eigenvalue weighted by Crippen LogP contribution is 2.66. The highest BCUT2D eigenvalue weighted by Gasteiger charge is 2.72. The lowest BCUT2D eigenvalue weighted by molar-refractivity contribution is -0.143. The van der Waals surface area contributed by atoms with Gasteiger partial charge in [-0.2, -0.15) is 0 Å². The number of aliphatic carboxylic acids is 1. The molecule has 3 atom stereocenters. The number of amides is 1. The largest absolute Gasteiger partial charge is 0.480 e. The Balaban J connectivity index is 1.98. The van der Waals surface area contributed by atoms with Gasteiger partial charge in [-0.1, -0.05) is 0 Å². The molecule has 6 heteroatoms. The summed E-state index contributed by atoms with van der Waals surface area (Å²) in [4.78, 5) is 21.7. The minimum absolute atomic E-state index is 0.189. The summed E-state index contributed by atoms with van der Waals surface area (Å²) in [6, 6.07) is -1.03. The van der Waals surface area contributed by atoms with Crippen LogP contribution in [0.15, 0.2) is 0 Å². The lowest BCUT2D eigenvalue weighted by Gasteiger charge is -2.22. The molecule has 0 saturated heterocycles. The molecule has 2 N–H and O–H groups in total. The van der Waals surface area contributed by atoms with E-state index >= 15 is 0 Å². The fourth-order valence-corrected chi connectivity index (χ4v) is 2.72. The highest BCUT2D eigenvalue weighted by atomic mass is 19.3. The first kappa shape index (κ1) is 11.3. The van der Waals surface area contributed by atoms with Crippen LogP contribution in [0.2, 0.25) is 0 Å². The van der Waals surface area contributed by atoms with E-state index in [1.54, 1.807) is 0 Å².